The molecule has 0 bridgehead atoms. The van der Waals surface area contributed by atoms with Crippen LogP contribution in [0.1, 0.15) is 38.7 Å². The summed E-state index contributed by atoms with van der Waals surface area (Å²) in [5, 5.41) is 0. The van der Waals surface area contributed by atoms with Gasteiger partial charge in [-0.2, -0.15) is 0 Å². The first-order valence-corrected chi connectivity index (χ1v) is 8.86. The lowest BCUT2D eigenvalue weighted by Gasteiger charge is -2.25. The predicted octanol–water partition coefficient (Wildman–Crippen LogP) is 2.87. The van der Waals surface area contributed by atoms with Crippen molar-refractivity contribution in [1.82, 2.24) is 9.80 Å². The van der Waals surface area contributed by atoms with Crippen LogP contribution < -0.4 is 0 Å². The molecular weight excluding hydrogens is 307 g/mol. The monoisotopic (exact) mass is 334 g/mol. The zero-order valence-corrected chi connectivity index (χ0v) is 14.6. The summed E-state index contributed by atoms with van der Waals surface area (Å²) < 4.78 is 13.7. The molecule has 0 spiro atoms. The van der Waals surface area contributed by atoms with Crippen LogP contribution in [0.4, 0.5) is 4.39 Å². The molecule has 1 fully saturated rings. The van der Waals surface area contributed by atoms with Crippen molar-refractivity contribution in [3.05, 3.63) is 35.6 Å². The number of hydrogen-bond donors (Lipinski definition) is 0. The molecule has 0 aliphatic carbocycles. The molecule has 1 aromatic carbocycles. The second-order valence-electron chi connectivity index (χ2n) is 6.34. The van der Waals surface area contributed by atoms with E-state index in [0.717, 1.165) is 19.3 Å². The van der Waals surface area contributed by atoms with Gasteiger partial charge < -0.3 is 9.80 Å². The first kappa shape index (κ1) is 18.4. The fourth-order valence-corrected chi connectivity index (χ4v) is 3.20. The number of carbonyl (C=O) groups is 2. The molecule has 0 unspecified atom stereocenters. The van der Waals surface area contributed by atoms with Crippen molar-refractivity contribution in [1.29, 1.82) is 0 Å². The molecule has 1 heterocycles. The summed E-state index contributed by atoms with van der Waals surface area (Å²) in [5.74, 6) is -0.141. The summed E-state index contributed by atoms with van der Waals surface area (Å²) in [6.45, 7) is 6.48. The molecular formula is C19H27FN2O2. The van der Waals surface area contributed by atoms with Gasteiger partial charge in [0, 0.05) is 32.1 Å². The number of carbonyl (C=O) groups excluding carboxylic acids is 2. The van der Waals surface area contributed by atoms with Gasteiger partial charge in [-0.25, -0.2) is 4.39 Å². The van der Waals surface area contributed by atoms with Crippen LogP contribution in [0.5, 0.6) is 0 Å². The van der Waals surface area contributed by atoms with E-state index >= 15 is 0 Å². The van der Waals surface area contributed by atoms with Crippen LogP contribution >= 0.6 is 0 Å². The third-order valence-corrected chi connectivity index (χ3v) is 4.79. The molecule has 1 aliphatic heterocycles. The van der Waals surface area contributed by atoms with E-state index in [1.165, 1.54) is 6.07 Å². The van der Waals surface area contributed by atoms with Gasteiger partial charge in [0.2, 0.25) is 11.8 Å². The molecule has 0 N–H and O–H groups in total. The van der Waals surface area contributed by atoms with Crippen LogP contribution in [0.2, 0.25) is 0 Å². The van der Waals surface area contributed by atoms with Gasteiger partial charge in [-0.3, -0.25) is 9.59 Å². The number of benzene rings is 1. The SMILES string of the molecule is CCC(CC)C(=O)N1CCCN(C(=O)Cc2ccccc2F)CC1. The summed E-state index contributed by atoms with van der Waals surface area (Å²) in [5.41, 5.74) is 0.428. The fraction of sp³-hybridized carbons (Fsp3) is 0.579. The molecule has 4 nitrogen and oxygen atoms in total. The van der Waals surface area contributed by atoms with Crippen LogP contribution in [0.25, 0.3) is 0 Å². The molecule has 2 rings (SSSR count). The quantitative estimate of drug-likeness (QED) is 0.831. The zero-order valence-electron chi connectivity index (χ0n) is 14.6. The number of hydrogen-bond acceptors (Lipinski definition) is 2. The lowest BCUT2D eigenvalue weighted by atomic mass is 10.0. The Morgan fingerprint density at radius 3 is 2.33 bits per heavy atom. The third kappa shape index (κ3) is 4.56. The van der Waals surface area contributed by atoms with E-state index in [2.05, 4.69) is 0 Å². The van der Waals surface area contributed by atoms with Crippen molar-refractivity contribution in [2.75, 3.05) is 26.2 Å². The number of rotatable bonds is 5. The van der Waals surface area contributed by atoms with Gasteiger partial charge in [-0.15, -0.1) is 0 Å². The van der Waals surface area contributed by atoms with Gasteiger partial charge >= 0.3 is 0 Å². The summed E-state index contributed by atoms with van der Waals surface area (Å²) in [6.07, 6.45) is 2.55. The largest absolute Gasteiger partial charge is 0.341 e. The number of nitrogens with zero attached hydrogens (tertiary/aromatic N) is 2. The standard InChI is InChI=1S/C19H27FN2O2/c1-3-15(4-2)19(24)22-11-7-10-21(12-13-22)18(23)14-16-8-5-6-9-17(16)20/h5-6,8-9,15H,3-4,7,10-14H2,1-2H3. The summed E-state index contributed by atoms with van der Waals surface area (Å²) in [6, 6.07) is 6.38. The highest BCUT2D eigenvalue weighted by atomic mass is 19.1. The maximum absolute atomic E-state index is 13.7. The molecule has 0 radical (unpaired) electrons. The van der Waals surface area contributed by atoms with Gasteiger partial charge in [0.05, 0.1) is 6.42 Å². The Bertz CT molecular complexity index is 572. The lowest BCUT2D eigenvalue weighted by molar-refractivity contribution is -0.136. The van der Waals surface area contributed by atoms with Gasteiger partial charge in [-0.05, 0) is 30.9 Å². The summed E-state index contributed by atoms with van der Waals surface area (Å²) in [4.78, 5) is 28.6. The number of halogens is 1. The second kappa shape index (κ2) is 8.81. The first-order chi connectivity index (χ1) is 11.6. The Kier molecular flexibility index (Phi) is 6.76. The van der Waals surface area contributed by atoms with Gasteiger partial charge in [0.25, 0.3) is 0 Å². The Morgan fingerprint density at radius 2 is 1.67 bits per heavy atom. The molecule has 132 valence electrons. The highest BCUT2D eigenvalue weighted by Gasteiger charge is 2.25. The maximum atomic E-state index is 13.7. The zero-order chi connectivity index (χ0) is 17.5. The van der Waals surface area contributed by atoms with E-state index in [9.17, 15) is 14.0 Å². The third-order valence-electron chi connectivity index (χ3n) is 4.79. The molecule has 1 saturated heterocycles. The fourth-order valence-electron chi connectivity index (χ4n) is 3.20. The molecule has 1 aromatic rings. The van der Waals surface area contributed by atoms with Crippen LogP contribution in [0.15, 0.2) is 24.3 Å². The highest BCUT2D eigenvalue weighted by Crippen LogP contribution is 2.15. The molecule has 1 aliphatic rings. The van der Waals surface area contributed by atoms with Crippen LogP contribution in [0, 0.1) is 11.7 Å². The smallest absolute Gasteiger partial charge is 0.227 e. The minimum Gasteiger partial charge on any atom is -0.341 e. The van der Waals surface area contributed by atoms with Crippen LogP contribution in [-0.2, 0) is 16.0 Å². The minimum atomic E-state index is -0.341. The topological polar surface area (TPSA) is 40.6 Å². The Labute approximate surface area is 143 Å². The summed E-state index contributed by atoms with van der Waals surface area (Å²) in [7, 11) is 0. The van der Waals surface area contributed by atoms with Gasteiger partial charge in [-0.1, -0.05) is 32.0 Å². The van der Waals surface area contributed by atoms with Crippen LogP contribution in [0.3, 0.4) is 0 Å². The van der Waals surface area contributed by atoms with E-state index in [-0.39, 0.29) is 30.0 Å². The minimum absolute atomic E-state index is 0.0723. The highest BCUT2D eigenvalue weighted by molar-refractivity contribution is 5.80. The van der Waals surface area contributed by atoms with E-state index in [1.807, 2.05) is 18.7 Å². The molecule has 0 atom stereocenters. The van der Waals surface area contributed by atoms with Crippen molar-refractivity contribution in [2.24, 2.45) is 5.92 Å². The lowest BCUT2D eigenvalue weighted by Crippen LogP contribution is -2.40. The Hall–Kier alpha value is -1.91. The molecule has 24 heavy (non-hydrogen) atoms. The second-order valence-corrected chi connectivity index (χ2v) is 6.34. The van der Waals surface area contributed by atoms with Crippen molar-refractivity contribution in [3.8, 4) is 0 Å². The van der Waals surface area contributed by atoms with E-state index < -0.39 is 0 Å². The van der Waals surface area contributed by atoms with Crippen molar-refractivity contribution < 1.29 is 14.0 Å². The van der Waals surface area contributed by atoms with E-state index in [0.29, 0.717) is 31.7 Å². The Morgan fingerprint density at radius 1 is 1.04 bits per heavy atom. The summed E-state index contributed by atoms with van der Waals surface area (Å²) >= 11 is 0. The predicted molar refractivity (Wildman–Crippen MR) is 92.0 cm³/mol. The van der Waals surface area contributed by atoms with Crippen molar-refractivity contribution >= 4 is 11.8 Å². The van der Waals surface area contributed by atoms with Gasteiger partial charge in [0.15, 0.2) is 0 Å². The Balaban J connectivity index is 1.94. The number of amides is 2. The normalized spacial score (nSPS) is 15.5. The average molecular weight is 334 g/mol. The van der Waals surface area contributed by atoms with Crippen molar-refractivity contribution in [2.45, 2.75) is 39.5 Å². The van der Waals surface area contributed by atoms with E-state index in [1.54, 1.807) is 23.1 Å². The molecule has 0 saturated carbocycles. The van der Waals surface area contributed by atoms with Gasteiger partial charge in [0.1, 0.15) is 5.82 Å². The first-order valence-electron chi connectivity index (χ1n) is 8.86. The average Bonchev–Trinajstić information content (AvgIpc) is 2.84. The molecule has 0 aromatic heterocycles. The maximum Gasteiger partial charge on any atom is 0.227 e. The molecule has 5 heteroatoms. The van der Waals surface area contributed by atoms with Crippen LogP contribution in [-0.4, -0.2) is 47.8 Å². The molecule has 2 amide bonds. The van der Waals surface area contributed by atoms with E-state index in [4.69, 9.17) is 0 Å². The van der Waals surface area contributed by atoms with Crippen molar-refractivity contribution in [3.63, 3.8) is 0 Å².